The molecule has 2 fully saturated rings. The van der Waals surface area contributed by atoms with Crippen molar-refractivity contribution in [2.24, 2.45) is 5.41 Å². The van der Waals surface area contributed by atoms with Crippen molar-refractivity contribution in [2.75, 3.05) is 32.0 Å². The maximum Gasteiger partial charge on any atom is 0.233 e. The van der Waals surface area contributed by atoms with Gasteiger partial charge in [0, 0.05) is 31.4 Å². The molecule has 24 heavy (non-hydrogen) atoms. The normalized spacial score (nSPS) is 23.2. The van der Waals surface area contributed by atoms with Crippen molar-refractivity contribution in [3.05, 3.63) is 22.8 Å². The number of nitrogens with two attached hydrogens (primary N) is 1. The highest BCUT2D eigenvalue weighted by Crippen LogP contribution is 2.35. The zero-order valence-electron chi connectivity index (χ0n) is 13.5. The van der Waals surface area contributed by atoms with Crippen LogP contribution in [0.5, 0.6) is 0 Å². The predicted octanol–water partition coefficient (Wildman–Crippen LogP) is 1.82. The van der Waals surface area contributed by atoms with Crippen LogP contribution in [0.1, 0.15) is 31.5 Å². The Morgan fingerprint density at radius 1 is 1.50 bits per heavy atom. The largest absolute Gasteiger partial charge is 0.382 e. The van der Waals surface area contributed by atoms with E-state index in [0.29, 0.717) is 30.2 Å². The quantitative estimate of drug-likeness (QED) is 0.840. The molecule has 2 N–H and O–H groups in total. The molecule has 7 nitrogen and oxygen atoms in total. The van der Waals surface area contributed by atoms with Crippen molar-refractivity contribution < 1.29 is 9.53 Å². The maximum atomic E-state index is 12.8. The van der Waals surface area contributed by atoms with Crippen molar-refractivity contribution in [2.45, 2.75) is 25.7 Å². The first-order chi connectivity index (χ1) is 11.5. The lowest BCUT2D eigenvalue weighted by Crippen LogP contribution is -2.55. The van der Waals surface area contributed by atoms with Gasteiger partial charge in [-0.05, 0) is 35.7 Å². The van der Waals surface area contributed by atoms with E-state index in [2.05, 4.69) is 25.9 Å². The molecule has 2 aliphatic heterocycles. The Morgan fingerprint density at radius 2 is 2.29 bits per heavy atom. The van der Waals surface area contributed by atoms with Gasteiger partial charge in [0.1, 0.15) is 15.9 Å². The smallest absolute Gasteiger partial charge is 0.233 e. The van der Waals surface area contributed by atoms with Gasteiger partial charge in [-0.15, -0.1) is 0 Å². The van der Waals surface area contributed by atoms with Crippen LogP contribution in [0.3, 0.4) is 0 Å². The van der Waals surface area contributed by atoms with E-state index >= 15 is 0 Å². The standard InChI is InChI=1S/C16H20BrN5O2/c1-16(8-24-9-16)15(23)21-5-2-3-10(7-21)14-20-12(17)11-13(18)19-4-6-22(11)14/h4,6,10H,2-3,5,7-9H2,1H3,(H2,18,19). The number of nitrogens with zero attached hydrogens (tertiary/aromatic N) is 4. The number of rotatable bonds is 2. The number of fused-ring (bicyclic) bond motifs is 1. The van der Waals surface area contributed by atoms with E-state index < -0.39 is 0 Å². The minimum Gasteiger partial charge on any atom is -0.382 e. The highest BCUT2D eigenvalue weighted by atomic mass is 79.9. The number of carbonyl (C=O) groups is 1. The summed E-state index contributed by atoms with van der Waals surface area (Å²) >= 11 is 3.48. The minimum absolute atomic E-state index is 0.188. The molecular formula is C16H20BrN5O2. The predicted molar refractivity (Wildman–Crippen MR) is 92.6 cm³/mol. The molecule has 0 bridgehead atoms. The zero-order chi connectivity index (χ0) is 16.9. The van der Waals surface area contributed by atoms with Crippen LogP contribution < -0.4 is 5.73 Å². The average Bonchev–Trinajstić information content (AvgIpc) is 2.90. The fourth-order valence-corrected chi connectivity index (χ4v) is 4.19. The molecule has 0 spiro atoms. The summed E-state index contributed by atoms with van der Waals surface area (Å²) < 4.78 is 7.93. The topological polar surface area (TPSA) is 85.8 Å². The first-order valence-electron chi connectivity index (χ1n) is 8.15. The summed E-state index contributed by atoms with van der Waals surface area (Å²) in [6.07, 6.45) is 5.53. The molecule has 0 radical (unpaired) electrons. The minimum atomic E-state index is -0.356. The Bertz CT molecular complexity index is 801. The third kappa shape index (κ3) is 2.39. The number of piperidine rings is 1. The second kappa shape index (κ2) is 5.70. The van der Waals surface area contributed by atoms with Gasteiger partial charge < -0.3 is 15.4 Å². The van der Waals surface area contributed by atoms with E-state index in [1.807, 2.05) is 22.4 Å². The molecule has 2 aliphatic rings. The van der Waals surface area contributed by atoms with E-state index in [0.717, 1.165) is 30.7 Å². The van der Waals surface area contributed by atoms with Crippen molar-refractivity contribution in [3.63, 3.8) is 0 Å². The first kappa shape index (κ1) is 15.8. The van der Waals surface area contributed by atoms with Gasteiger partial charge in [0.15, 0.2) is 5.82 Å². The van der Waals surface area contributed by atoms with Gasteiger partial charge in [0.2, 0.25) is 5.91 Å². The van der Waals surface area contributed by atoms with Crippen LogP contribution in [0.2, 0.25) is 0 Å². The van der Waals surface area contributed by atoms with Gasteiger partial charge in [-0.3, -0.25) is 9.20 Å². The Hall–Kier alpha value is -1.67. The molecule has 4 heterocycles. The summed E-state index contributed by atoms with van der Waals surface area (Å²) in [5, 5.41) is 0. The molecule has 1 unspecified atom stereocenters. The Morgan fingerprint density at radius 3 is 3.00 bits per heavy atom. The fraction of sp³-hybridized carbons (Fsp3) is 0.562. The summed E-state index contributed by atoms with van der Waals surface area (Å²) in [6, 6.07) is 0. The third-order valence-corrected chi connectivity index (χ3v) is 5.55. The molecule has 128 valence electrons. The van der Waals surface area contributed by atoms with E-state index in [1.54, 1.807) is 6.20 Å². The van der Waals surface area contributed by atoms with Gasteiger partial charge in [-0.2, -0.15) is 0 Å². The first-order valence-corrected chi connectivity index (χ1v) is 8.94. The number of nitrogen functional groups attached to an aromatic ring is 1. The van der Waals surface area contributed by atoms with Gasteiger partial charge in [-0.1, -0.05) is 0 Å². The van der Waals surface area contributed by atoms with Crippen molar-refractivity contribution in [1.82, 2.24) is 19.3 Å². The Balaban J connectivity index is 1.63. The molecule has 0 aliphatic carbocycles. The van der Waals surface area contributed by atoms with Gasteiger partial charge in [0.25, 0.3) is 0 Å². The van der Waals surface area contributed by atoms with Crippen molar-refractivity contribution in [1.29, 1.82) is 0 Å². The summed E-state index contributed by atoms with van der Waals surface area (Å²) in [5.74, 6) is 1.76. The lowest BCUT2D eigenvalue weighted by atomic mass is 9.85. The van der Waals surface area contributed by atoms with E-state index in [-0.39, 0.29) is 17.2 Å². The number of anilines is 1. The van der Waals surface area contributed by atoms with Crippen LogP contribution in [0.25, 0.3) is 5.52 Å². The van der Waals surface area contributed by atoms with Crippen LogP contribution >= 0.6 is 15.9 Å². The molecule has 2 aromatic heterocycles. The molecule has 2 aromatic rings. The number of hydrogen-bond donors (Lipinski definition) is 1. The number of likely N-dealkylation sites (tertiary alicyclic amines) is 1. The molecule has 2 saturated heterocycles. The number of carbonyl (C=O) groups excluding carboxylic acids is 1. The van der Waals surface area contributed by atoms with Gasteiger partial charge in [0.05, 0.1) is 18.6 Å². The van der Waals surface area contributed by atoms with E-state index in [4.69, 9.17) is 10.5 Å². The molecule has 4 rings (SSSR count). The highest BCUT2D eigenvalue weighted by molar-refractivity contribution is 9.10. The molecule has 1 amide bonds. The number of hydrogen-bond acceptors (Lipinski definition) is 5. The second-order valence-electron chi connectivity index (χ2n) is 6.94. The molecule has 8 heteroatoms. The summed E-state index contributed by atoms with van der Waals surface area (Å²) in [7, 11) is 0. The van der Waals surface area contributed by atoms with Gasteiger partial charge >= 0.3 is 0 Å². The number of halogens is 1. The molecule has 0 saturated carbocycles. The molecule has 1 atom stereocenters. The van der Waals surface area contributed by atoms with Gasteiger partial charge in [-0.25, -0.2) is 9.97 Å². The van der Waals surface area contributed by atoms with Crippen LogP contribution in [0.4, 0.5) is 5.82 Å². The number of amides is 1. The SMILES string of the molecule is CC1(C(=O)N2CCCC(c3nc(Br)c4c(N)nccn34)C2)COC1. The van der Waals surface area contributed by atoms with Crippen molar-refractivity contribution >= 4 is 33.2 Å². The van der Waals surface area contributed by atoms with Crippen LogP contribution in [-0.4, -0.2) is 51.5 Å². The second-order valence-corrected chi connectivity index (χ2v) is 7.69. The van der Waals surface area contributed by atoms with Crippen LogP contribution in [0, 0.1) is 5.41 Å². The molecule has 0 aromatic carbocycles. The maximum absolute atomic E-state index is 12.8. The Labute approximate surface area is 148 Å². The number of imidazole rings is 1. The molecular weight excluding hydrogens is 374 g/mol. The average molecular weight is 394 g/mol. The van der Waals surface area contributed by atoms with E-state index in [1.165, 1.54) is 0 Å². The van der Waals surface area contributed by atoms with Crippen LogP contribution in [0.15, 0.2) is 17.0 Å². The lowest BCUT2D eigenvalue weighted by molar-refractivity contribution is -0.169. The third-order valence-electron chi connectivity index (χ3n) is 5.00. The lowest BCUT2D eigenvalue weighted by Gasteiger charge is -2.42. The fourth-order valence-electron chi connectivity index (χ4n) is 3.62. The number of aromatic nitrogens is 3. The van der Waals surface area contributed by atoms with Crippen LogP contribution in [-0.2, 0) is 9.53 Å². The number of ether oxygens (including phenoxy) is 1. The monoisotopic (exact) mass is 393 g/mol. The summed E-state index contributed by atoms with van der Waals surface area (Å²) in [6.45, 7) is 4.51. The zero-order valence-corrected chi connectivity index (χ0v) is 15.1. The van der Waals surface area contributed by atoms with E-state index in [9.17, 15) is 4.79 Å². The van der Waals surface area contributed by atoms with Crippen molar-refractivity contribution in [3.8, 4) is 0 Å². The Kier molecular flexibility index (Phi) is 3.76. The summed E-state index contributed by atoms with van der Waals surface area (Å²) in [4.78, 5) is 23.5. The highest BCUT2D eigenvalue weighted by Gasteiger charge is 2.44. The summed E-state index contributed by atoms with van der Waals surface area (Å²) in [5.41, 5.74) is 6.41.